The van der Waals surface area contributed by atoms with Gasteiger partial charge in [0.1, 0.15) is 0 Å². The lowest BCUT2D eigenvalue weighted by Crippen LogP contribution is -2.51. The Morgan fingerprint density at radius 2 is 1.57 bits per heavy atom. The first-order valence-corrected chi connectivity index (χ1v) is 11.9. The summed E-state index contributed by atoms with van der Waals surface area (Å²) in [6, 6.07) is 18.8. The fourth-order valence-corrected chi connectivity index (χ4v) is 4.93. The highest BCUT2D eigenvalue weighted by atomic mass is 32.2. The molecule has 0 spiro atoms. The first kappa shape index (κ1) is 21.0. The van der Waals surface area contributed by atoms with Gasteiger partial charge in [0.2, 0.25) is 11.8 Å². The third-order valence-electron chi connectivity index (χ3n) is 6.19. The van der Waals surface area contributed by atoms with Gasteiger partial charge < -0.3 is 9.80 Å². The molecule has 4 nitrogen and oxygen atoms in total. The minimum Gasteiger partial charge on any atom is -0.339 e. The number of thioether (sulfide) groups is 1. The number of carbonyl (C=O) groups excluding carboxylic acids is 2. The monoisotopic (exact) mass is 422 g/mol. The van der Waals surface area contributed by atoms with Crippen LogP contribution in [0.2, 0.25) is 0 Å². The van der Waals surface area contributed by atoms with Crippen molar-refractivity contribution in [3.05, 3.63) is 65.7 Å². The number of amides is 2. The fraction of sp³-hybridized carbons (Fsp3) is 0.440. The Labute approximate surface area is 183 Å². The van der Waals surface area contributed by atoms with Gasteiger partial charge in [0, 0.05) is 37.0 Å². The standard InChI is InChI=1S/C25H30N2O2S/c1-18(2)19-8-10-21(11-9-19)30-17-24(28)26-12-14-27(15-13-26)25(29)23-16-22(23)20-6-4-3-5-7-20/h3-11,18,22-23H,12-17H2,1-2H3/t22-,23+/m0/s1. The summed E-state index contributed by atoms with van der Waals surface area (Å²) in [7, 11) is 0. The Kier molecular flexibility index (Phi) is 6.47. The Hall–Kier alpha value is -2.27. The number of hydrogen-bond acceptors (Lipinski definition) is 3. The van der Waals surface area contributed by atoms with Crippen LogP contribution in [0.4, 0.5) is 0 Å². The minimum absolute atomic E-state index is 0.124. The van der Waals surface area contributed by atoms with Crippen molar-refractivity contribution in [3.63, 3.8) is 0 Å². The molecule has 0 aromatic heterocycles. The van der Waals surface area contributed by atoms with Gasteiger partial charge in [-0.3, -0.25) is 9.59 Å². The number of piperazine rings is 1. The van der Waals surface area contributed by atoms with Gasteiger partial charge in [0.25, 0.3) is 0 Å². The first-order chi connectivity index (χ1) is 14.5. The van der Waals surface area contributed by atoms with E-state index in [1.807, 2.05) is 28.0 Å². The van der Waals surface area contributed by atoms with Gasteiger partial charge in [-0.05, 0) is 41.5 Å². The molecule has 1 saturated heterocycles. The van der Waals surface area contributed by atoms with Crippen LogP contribution in [0, 0.1) is 5.92 Å². The van der Waals surface area contributed by atoms with E-state index in [-0.39, 0.29) is 17.7 Å². The molecule has 1 saturated carbocycles. The van der Waals surface area contributed by atoms with E-state index in [0.29, 0.717) is 43.8 Å². The second-order valence-electron chi connectivity index (χ2n) is 8.58. The molecule has 4 rings (SSSR count). The van der Waals surface area contributed by atoms with Crippen LogP contribution >= 0.6 is 11.8 Å². The highest BCUT2D eigenvalue weighted by Gasteiger charge is 2.46. The second kappa shape index (κ2) is 9.25. The Morgan fingerprint density at radius 3 is 2.20 bits per heavy atom. The predicted molar refractivity (Wildman–Crippen MR) is 122 cm³/mol. The molecule has 1 aliphatic carbocycles. The molecule has 5 heteroatoms. The molecule has 158 valence electrons. The van der Waals surface area contributed by atoms with Crippen molar-refractivity contribution in [1.29, 1.82) is 0 Å². The maximum Gasteiger partial charge on any atom is 0.233 e. The molecule has 30 heavy (non-hydrogen) atoms. The molecular weight excluding hydrogens is 392 g/mol. The summed E-state index contributed by atoms with van der Waals surface area (Å²) >= 11 is 1.59. The maximum atomic E-state index is 12.8. The van der Waals surface area contributed by atoms with Crippen LogP contribution in [-0.2, 0) is 9.59 Å². The lowest BCUT2D eigenvalue weighted by molar-refractivity contribution is -0.139. The molecule has 0 radical (unpaired) electrons. The molecule has 0 unspecified atom stereocenters. The van der Waals surface area contributed by atoms with Crippen molar-refractivity contribution in [1.82, 2.24) is 9.80 Å². The fourth-order valence-electron chi connectivity index (χ4n) is 4.13. The third-order valence-corrected chi connectivity index (χ3v) is 7.19. The van der Waals surface area contributed by atoms with Gasteiger partial charge in [-0.1, -0.05) is 56.3 Å². The zero-order valence-corrected chi connectivity index (χ0v) is 18.6. The van der Waals surface area contributed by atoms with E-state index >= 15 is 0 Å². The van der Waals surface area contributed by atoms with Crippen LogP contribution in [0.25, 0.3) is 0 Å². The molecule has 0 N–H and O–H groups in total. The molecule has 1 aliphatic heterocycles. The first-order valence-electron chi connectivity index (χ1n) is 10.9. The Balaban J connectivity index is 1.21. The Morgan fingerprint density at radius 1 is 0.933 bits per heavy atom. The van der Waals surface area contributed by atoms with E-state index in [1.165, 1.54) is 11.1 Å². The molecule has 2 aliphatic rings. The van der Waals surface area contributed by atoms with Crippen LogP contribution in [0.1, 0.15) is 43.2 Å². The summed E-state index contributed by atoms with van der Waals surface area (Å²) in [6.45, 7) is 6.94. The van der Waals surface area contributed by atoms with E-state index in [0.717, 1.165) is 11.3 Å². The number of rotatable bonds is 6. The van der Waals surface area contributed by atoms with Crippen molar-refractivity contribution in [3.8, 4) is 0 Å². The molecule has 2 atom stereocenters. The van der Waals surface area contributed by atoms with E-state index in [1.54, 1.807) is 11.8 Å². The SMILES string of the molecule is CC(C)c1ccc(SCC(=O)N2CCN(C(=O)[C@@H]3C[C@H]3c3ccccc3)CC2)cc1. The van der Waals surface area contributed by atoms with Crippen molar-refractivity contribution in [2.75, 3.05) is 31.9 Å². The van der Waals surface area contributed by atoms with Gasteiger partial charge >= 0.3 is 0 Å². The van der Waals surface area contributed by atoms with E-state index in [2.05, 4.69) is 50.2 Å². The lowest BCUT2D eigenvalue weighted by atomic mass is 10.0. The van der Waals surface area contributed by atoms with Crippen molar-refractivity contribution in [2.24, 2.45) is 5.92 Å². The van der Waals surface area contributed by atoms with E-state index < -0.39 is 0 Å². The van der Waals surface area contributed by atoms with E-state index in [9.17, 15) is 9.59 Å². The van der Waals surface area contributed by atoms with Crippen LogP contribution in [0.3, 0.4) is 0 Å². The summed E-state index contributed by atoms with van der Waals surface area (Å²) in [5, 5.41) is 0. The van der Waals surface area contributed by atoms with Gasteiger partial charge in [0.15, 0.2) is 0 Å². The highest BCUT2D eigenvalue weighted by molar-refractivity contribution is 8.00. The molecule has 2 fully saturated rings. The van der Waals surface area contributed by atoms with Crippen LogP contribution in [0.5, 0.6) is 0 Å². The largest absolute Gasteiger partial charge is 0.339 e. The summed E-state index contributed by atoms with van der Waals surface area (Å²) in [4.78, 5) is 30.4. The Bertz CT molecular complexity index is 874. The average Bonchev–Trinajstić information content (AvgIpc) is 3.59. The number of nitrogens with zero attached hydrogens (tertiary/aromatic N) is 2. The summed E-state index contributed by atoms with van der Waals surface area (Å²) in [6.07, 6.45) is 0.953. The van der Waals surface area contributed by atoms with Crippen LogP contribution < -0.4 is 0 Å². The topological polar surface area (TPSA) is 40.6 Å². The quantitative estimate of drug-likeness (QED) is 0.649. The maximum absolute atomic E-state index is 12.8. The normalized spacial score (nSPS) is 21.0. The zero-order chi connectivity index (χ0) is 21.1. The van der Waals surface area contributed by atoms with Gasteiger partial charge in [-0.15, -0.1) is 11.8 Å². The summed E-state index contributed by atoms with van der Waals surface area (Å²) < 4.78 is 0. The summed E-state index contributed by atoms with van der Waals surface area (Å²) in [5.41, 5.74) is 2.58. The van der Waals surface area contributed by atoms with Crippen molar-refractivity contribution < 1.29 is 9.59 Å². The van der Waals surface area contributed by atoms with Crippen LogP contribution in [0.15, 0.2) is 59.5 Å². The molecule has 2 aromatic rings. The van der Waals surface area contributed by atoms with Gasteiger partial charge in [-0.2, -0.15) is 0 Å². The minimum atomic E-state index is 0.124. The van der Waals surface area contributed by atoms with Gasteiger partial charge in [0.05, 0.1) is 5.75 Å². The number of hydrogen-bond donors (Lipinski definition) is 0. The van der Waals surface area contributed by atoms with Crippen LogP contribution in [-0.4, -0.2) is 53.5 Å². The van der Waals surface area contributed by atoms with E-state index in [4.69, 9.17) is 0 Å². The smallest absolute Gasteiger partial charge is 0.233 e. The predicted octanol–water partition coefficient (Wildman–Crippen LogP) is 4.38. The molecule has 2 aromatic carbocycles. The molecular formula is C25H30N2O2S. The molecule has 0 bridgehead atoms. The number of benzene rings is 2. The second-order valence-corrected chi connectivity index (χ2v) is 9.63. The van der Waals surface area contributed by atoms with Crippen molar-refractivity contribution >= 4 is 23.6 Å². The number of carbonyl (C=O) groups is 2. The summed E-state index contributed by atoms with van der Waals surface area (Å²) in [5.74, 6) is 1.89. The van der Waals surface area contributed by atoms with Crippen molar-refractivity contribution in [2.45, 2.75) is 37.0 Å². The average molecular weight is 423 g/mol. The van der Waals surface area contributed by atoms with Gasteiger partial charge in [-0.25, -0.2) is 0 Å². The molecule has 2 amide bonds. The zero-order valence-electron chi connectivity index (χ0n) is 17.8. The third kappa shape index (κ3) is 4.89. The lowest BCUT2D eigenvalue weighted by Gasteiger charge is -2.35. The molecule has 1 heterocycles. The highest BCUT2D eigenvalue weighted by Crippen LogP contribution is 2.48.